The van der Waals surface area contributed by atoms with Crippen molar-refractivity contribution < 1.29 is 19.4 Å². The van der Waals surface area contributed by atoms with Crippen LogP contribution in [0.15, 0.2) is 115 Å². The Morgan fingerprint density at radius 3 is 1.82 bits per heavy atom. The normalized spacial score (nSPS) is 12.5. The molecule has 4 heterocycles. The van der Waals surface area contributed by atoms with Crippen LogP contribution in [-0.4, -0.2) is 24.3 Å². The van der Waals surface area contributed by atoms with E-state index in [-0.39, 0.29) is 5.57 Å². The summed E-state index contributed by atoms with van der Waals surface area (Å²) in [5.41, 5.74) is 4.08. The van der Waals surface area contributed by atoms with Crippen molar-refractivity contribution in [3.05, 3.63) is 120 Å². The van der Waals surface area contributed by atoms with Gasteiger partial charge < -0.3 is 19.5 Å². The van der Waals surface area contributed by atoms with Crippen molar-refractivity contribution in [2.45, 2.75) is 0 Å². The molecular formula is C36H24N2O4S3. The second-order valence-corrected chi connectivity index (χ2v) is 13.2. The molecule has 0 spiro atoms. The maximum atomic E-state index is 11.5. The standard InChI is InChI=1S/C36H24N2O4S3/c37-22-24(36(39)40)21-32-33-34(42-20-19-41-33)35(45-32)31-18-17-30(44-31)29-16-15-28(43-29)23-11-13-27(14-12-23)38(25-7-3-1-4-8-25)26-9-5-2-6-10-26/h1-18,21H,19-20H2,(H,39,40)/b24-21+. The molecule has 0 radical (unpaired) electrons. The Bertz CT molecular complexity index is 2010. The van der Waals surface area contributed by atoms with Crippen LogP contribution < -0.4 is 14.4 Å². The number of fused-ring (bicyclic) bond motifs is 1. The molecule has 1 N–H and O–H groups in total. The van der Waals surface area contributed by atoms with Gasteiger partial charge in [-0.25, -0.2) is 4.79 Å². The van der Waals surface area contributed by atoms with Crippen molar-refractivity contribution in [1.29, 1.82) is 5.26 Å². The van der Waals surface area contributed by atoms with Crippen LogP contribution >= 0.6 is 34.0 Å². The lowest BCUT2D eigenvalue weighted by molar-refractivity contribution is -0.132. The Morgan fingerprint density at radius 2 is 1.22 bits per heavy atom. The smallest absolute Gasteiger partial charge is 0.346 e. The Balaban J connectivity index is 1.16. The molecule has 0 bridgehead atoms. The van der Waals surface area contributed by atoms with Crippen LogP contribution in [0.1, 0.15) is 4.88 Å². The first kappa shape index (κ1) is 28.6. The van der Waals surface area contributed by atoms with Gasteiger partial charge in [0.1, 0.15) is 24.9 Å². The van der Waals surface area contributed by atoms with E-state index in [2.05, 4.69) is 102 Å². The maximum absolute atomic E-state index is 11.5. The molecule has 6 nitrogen and oxygen atoms in total. The molecule has 45 heavy (non-hydrogen) atoms. The molecule has 0 unspecified atom stereocenters. The van der Waals surface area contributed by atoms with Crippen LogP contribution in [0.4, 0.5) is 17.1 Å². The molecule has 1 aliphatic rings. The number of carbonyl (C=O) groups is 1. The van der Waals surface area contributed by atoms with E-state index in [0.717, 1.165) is 42.1 Å². The number of aliphatic carboxylic acids is 1. The van der Waals surface area contributed by atoms with Crippen molar-refractivity contribution in [1.82, 2.24) is 0 Å². The summed E-state index contributed by atoms with van der Waals surface area (Å²) in [4.78, 5) is 19.6. The molecule has 1 aliphatic heterocycles. The Labute approximate surface area is 271 Å². The van der Waals surface area contributed by atoms with Gasteiger partial charge in [0.25, 0.3) is 0 Å². The highest BCUT2D eigenvalue weighted by molar-refractivity contribution is 7.27. The Morgan fingerprint density at radius 1 is 0.689 bits per heavy atom. The summed E-state index contributed by atoms with van der Waals surface area (Å²) < 4.78 is 11.8. The van der Waals surface area contributed by atoms with E-state index in [4.69, 9.17) is 9.47 Å². The highest BCUT2D eigenvalue weighted by Gasteiger charge is 2.26. The second kappa shape index (κ2) is 12.5. The second-order valence-electron chi connectivity index (χ2n) is 10.0. The number of para-hydroxylation sites is 2. The van der Waals surface area contributed by atoms with Gasteiger partial charge in [0.05, 0.1) is 9.75 Å². The fraction of sp³-hybridized carbons (Fsp3) is 0.0556. The van der Waals surface area contributed by atoms with E-state index in [1.807, 2.05) is 12.1 Å². The van der Waals surface area contributed by atoms with Crippen molar-refractivity contribution in [2.75, 3.05) is 18.1 Å². The van der Waals surface area contributed by atoms with Crippen molar-refractivity contribution in [3.8, 4) is 47.5 Å². The average molecular weight is 645 g/mol. The topological polar surface area (TPSA) is 82.8 Å². The van der Waals surface area contributed by atoms with Gasteiger partial charge in [0, 0.05) is 36.6 Å². The van der Waals surface area contributed by atoms with E-state index >= 15 is 0 Å². The highest BCUT2D eigenvalue weighted by atomic mass is 32.1. The number of hydrogen-bond donors (Lipinski definition) is 1. The maximum Gasteiger partial charge on any atom is 0.346 e. The van der Waals surface area contributed by atoms with Crippen molar-refractivity contribution in [3.63, 3.8) is 0 Å². The van der Waals surface area contributed by atoms with Gasteiger partial charge in [-0.3, -0.25) is 0 Å². The molecule has 7 rings (SSSR count). The van der Waals surface area contributed by atoms with E-state index in [1.165, 1.54) is 22.3 Å². The number of carboxylic acid groups (broad SMARTS) is 1. The largest absolute Gasteiger partial charge is 0.485 e. The van der Waals surface area contributed by atoms with Gasteiger partial charge in [-0.05, 0) is 72.3 Å². The van der Waals surface area contributed by atoms with Crippen LogP contribution in [-0.2, 0) is 4.79 Å². The number of thiophene rings is 3. The lowest BCUT2D eigenvalue weighted by Crippen LogP contribution is -2.14. The van der Waals surface area contributed by atoms with E-state index in [1.54, 1.807) is 28.7 Å². The molecule has 0 fully saturated rings. The van der Waals surface area contributed by atoms with Crippen molar-refractivity contribution in [2.24, 2.45) is 0 Å². The summed E-state index contributed by atoms with van der Waals surface area (Å²) in [6.45, 7) is 0.772. The number of anilines is 3. The third-order valence-electron chi connectivity index (χ3n) is 7.17. The first-order chi connectivity index (χ1) is 22.1. The number of benzene rings is 3. The first-order valence-corrected chi connectivity index (χ1v) is 16.5. The third-order valence-corrected chi connectivity index (χ3v) is 10.9. The molecule has 9 heteroatoms. The SMILES string of the molecule is N#C/C(=C\c1sc(-c2ccc(-c3ccc(-c4ccc(N(c5ccccc5)c5ccccc5)cc4)s3)s2)c2c1OCCO2)C(=O)O. The van der Waals surface area contributed by atoms with E-state index < -0.39 is 5.97 Å². The molecular weight excluding hydrogens is 621 g/mol. The van der Waals surface area contributed by atoms with Gasteiger partial charge in [-0.15, -0.1) is 34.0 Å². The quantitative estimate of drug-likeness (QED) is 0.131. The number of carboxylic acids is 1. The zero-order valence-electron chi connectivity index (χ0n) is 23.7. The predicted molar refractivity (Wildman–Crippen MR) is 183 cm³/mol. The summed E-state index contributed by atoms with van der Waals surface area (Å²) in [7, 11) is 0. The van der Waals surface area contributed by atoms with Crippen LogP contribution in [0.2, 0.25) is 0 Å². The molecule has 0 saturated heterocycles. The summed E-state index contributed by atoms with van der Waals surface area (Å²) in [5.74, 6) is -0.185. The molecule has 0 atom stereocenters. The molecule has 0 amide bonds. The van der Waals surface area contributed by atoms with Gasteiger partial charge in [0.2, 0.25) is 0 Å². The number of nitrogens with zero attached hydrogens (tertiary/aromatic N) is 2. The van der Waals surface area contributed by atoms with Crippen LogP contribution in [0, 0.1) is 11.3 Å². The molecule has 6 aromatic rings. The van der Waals surface area contributed by atoms with E-state index in [9.17, 15) is 15.2 Å². The summed E-state index contributed by atoms with van der Waals surface area (Å²) in [6.07, 6.45) is 1.36. The Hall–Kier alpha value is -5.14. The van der Waals surface area contributed by atoms with Crippen LogP contribution in [0.25, 0.3) is 36.0 Å². The average Bonchev–Trinajstić information content (AvgIpc) is 3.84. The minimum Gasteiger partial charge on any atom is -0.485 e. The zero-order valence-corrected chi connectivity index (χ0v) is 26.1. The highest BCUT2D eigenvalue weighted by Crippen LogP contribution is 2.52. The first-order valence-electron chi connectivity index (χ1n) is 14.1. The van der Waals surface area contributed by atoms with Gasteiger partial charge >= 0.3 is 5.97 Å². The van der Waals surface area contributed by atoms with E-state index in [0.29, 0.717) is 29.6 Å². The summed E-state index contributed by atoms with van der Waals surface area (Å²) >= 11 is 4.75. The molecule has 3 aromatic heterocycles. The zero-order chi connectivity index (χ0) is 30.8. The van der Waals surface area contributed by atoms with Gasteiger partial charge in [-0.1, -0.05) is 48.5 Å². The molecule has 3 aromatic carbocycles. The summed E-state index contributed by atoms with van der Waals surface area (Å²) in [6, 6.07) is 39.6. The lowest BCUT2D eigenvalue weighted by atomic mass is 10.1. The predicted octanol–water partition coefficient (Wildman–Crippen LogP) is 10.1. The molecule has 0 aliphatic carbocycles. The molecule has 0 saturated carbocycles. The lowest BCUT2D eigenvalue weighted by Gasteiger charge is -2.25. The summed E-state index contributed by atoms with van der Waals surface area (Å²) in [5, 5.41) is 18.6. The number of hydrogen-bond acceptors (Lipinski definition) is 8. The fourth-order valence-electron chi connectivity index (χ4n) is 5.10. The minimum atomic E-state index is -1.27. The minimum absolute atomic E-state index is 0.348. The third kappa shape index (κ3) is 5.75. The van der Waals surface area contributed by atoms with Gasteiger partial charge in [-0.2, -0.15) is 5.26 Å². The van der Waals surface area contributed by atoms with Gasteiger partial charge in [0.15, 0.2) is 11.5 Å². The molecule has 220 valence electrons. The van der Waals surface area contributed by atoms with Crippen molar-refractivity contribution >= 4 is 63.1 Å². The number of rotatable bonds is 8. The monoisotopic (exact) mass is 644 g/mol. The fourth-order valence-corrected chi connectivity index (χ4v) is 8.45. The Kier molecular flexibility index (Phi) is 7.92. The number of ether oxygens (including phenoxy) is 2. The van der Waals surface area contributed by atoms with Crippen LogP contribution in [0.5, 0.6) is 11.5 Å². The number of nitriles is 1. The van der Waals surface area contributed by atoms with Crippen LogP contribution in [0.3, 0.4) is 0 Å².